The summed E-state index contributed by atoms with van der Waals surface area (Å²) in [6, 6.07) is 12.7. The molecule has 0 saturated carbocycles. The monoisotopic (exact) mass is 215 g/mol. The molecule has 0 unspecified atom stereocenters. The van der Waals surface area contributed by atoms with Crippen LogP contribution in [0.4, 0.5) is 10.1 Å². The van der Waals surface area contributed by atoms with Gasteiger partial charge in [-0.05, 0) is 35.7 Å². The average molecular weight is 215 g/mol. The van der Waals surface area contributed by atoms with Crippen molar-refractivity contribution in [2.45, 2.75) is 13.3 Å². The lowest BCUT2D eigenvalue weighted by Crippen LogP contribution is -1.90. The summed E-state index contributed by atoms with van der Waals surface area (Å²) in [5, 5.41) is 0. The van der Waals surface area contributed by atoms with E-state index in [9.17, 15) is 4.39 Å². The highest BCUT2D eigenvalue weighted by Crippen LogP contribution is 2.25. The molecule has 16 heavy (non-hydrogen) atoms. The zero-order valence-corrected chi connectivity index (χ0v) is 9.20. The normalized spacial score (nSPS) is 10.4. The number of nitrogen functional groups attached to an aromatic ring is 1. The van der Waals surface area contributed by atoms with Crippen LogP contribution in [0.2, 0.25) is 0 Å². The highest BCUT2D eigenvalue weighted by Gasteiger charge is 2.05. The second-order valence-electron chi connectivity index (χ2n) is 3.79. The van der Waals surface area contributed by atoms with Crippen molar-refractivity contribution in [1.29, 1.82) is 0 Å². The van der Waals surface area contributed by atoms with Gasteiger partial charge in [0.15, 0.2) is 0 Å². The Morgan fingerprint density at radius 1 is 1.12 bits per heavy atom. The summed E-state index contributed by atoms with van der Waals surface area (Å²) in [6.07, 6.45) is 0.949. The van der Waals surface area contributed by atoms with Crippen LogP contribution in [0.15, 0.2) is 42.5 Å². The predicted octanol–water partition coefficient (Wildman–Crippen LogP) is 3.64. The van der Waals surface area contributed by atoms with Crippen LogP contribution < -0.4 is 5.73 Å². The van der Waals surface area contributed by atoms with Crippen molar-refractivity contribution in [3.8, 4) is 11.1 Å². The first-order chi connectivity index (χ1) is 7.70. The van der Waals surface area contributed by atoms with Gasteiger partial charge in [-0.15, -0.1) is 0 Å². The summed E-state index contributed by atoms with van der Waals surface area (Å²) >= 11 is 0. The molecule has 2 rings (SSSR count). The fourth-order valence-electron chi connectivity index (χ4n) is 1.72. The summed E-state index contributed by atoms with van der Waals surface area (Å²) in [5.74, 6) is -0.270. The molecule has 0 spiro atoms. The molecule has 2 aromatic rings. The number of rotatable bonds is 2. The molecule has 0 aliphatic carbocycles. The van der Waals surface area contributed by atoms with Gasteiger partial charge in [-0.3, -0.25) is 0 Å². The van der Waals surface area contributed by atoms with Gasteiger partial charge in [-0.1, -0.05) is 31.2 Å². The Morgan fingerprint density at radius 3 is 2.62 bits per heavy atom. The summed E-state index contributed by atoms with van der Waals surface area (Å²) in [6.45, 7) is 2.08. The van der Waals surface area contributed by atoms with Gasteiger partial charge < -0.3 is 5.73 Å². The molecule has 2 heteroatoms. The van der Waals surface area contributed by atoms with E-state index < -0.39 is 0 Å². The zero-order chi connectivity index (χ0) is 11.5. The maximum atomic E-state index is 13.7. The van der Waals surface area contributed by atoms with Crippen molar-refractivity contribution < 1.29 is 4.39 Å². The molecule has 0 aromatic heterocycles. The molecule has 0 aliphatic heterocycles. The molecule has 0 amide bonds. The molecule has 0 heterocycles. The van der Waals surface area contributed by atoms with Gasteiger partial charge in [-0.2, -0.15) is 0 Å². The Bertz CT molecular complexity index is 506. The smallest absolute Gasteiger partial charge is 0.133 e. The molecule has 0 saturated heterocycles. The molecule has 2 N–H and O–H groups in total. The molecule has 0 radical (unpaired) electrons. The van der Waals surface area contributed by atoms with E-state index in [1.807, 2.05) is 24.3 Å². The lowest BCUT2D eigenvalue weighted by Gasteiger charge is -2.06. The van der Waals surface area contributed by atoms with E-state index in [2.05, 4.69) is 6.92 Å². The number of anilines is 1. The standard InChI is InChI=1S/C14H14FN/c1-2-10-4-3-5-11(8-10)13-7-6-12(16)9-14(13)15/h3-9H,2,16H2,1H3. The van der Waals surface area contributed by atoms with Crippen LogP contribution in [0.1, 0.15) is 12.5 Å². The Kier molecular flexibility index (Phi) is 2.91. The summed E-state index contributed by atoms with van der Waals surface area (Å²) in [5.41, 5.74) is 8.68. The van der Waals surface area contributed by atoms with E-state index in [4.69, 9.17) is 5.73 Å². The van der Waals surface area contributed by atoms with Crippen LogP contribution >= 0.6 is 0 Å². The van der Waals surface area contributed by atoms with Crippen LogP contribution in [0, 0.1) is 5.82 Å². The predicted molar refractivity (Wildman–Crippen MR) is 65.6 cm³/mol. The average Bonchev–Trinajstić information content (AvgIpc) is 2.29. The summed E-state index contributed by atoms with van der Waals surface area (Å²) in [7, 11) is 0. The van der Waals surface area contributed by atoms with Crippen molar-refractivity contribution in [1.82, 2.24) is 0 Å². The molecule has 0 fully saturated rings. The lowest BCUT2D eigenvalue weighted by atomic mass is 10.0. The third-order valence-electron chi connectivity index (χ3n) is 2.64. The highest BCUT2D eigenvalue weighted by molar-refractivity contribution is 5.67. The molecule has 82 valence electrons. The first-order valence-corrected chi connectivity index (χ1v) is 5.35. The number of hydrogen-bond donors (Lipinski definition) is 1. The van der Waals surface area contributed by atoms with Crippen molar-refractivity contribution in [3.63, 3.8) is 0 Å². The topological polar surface area (TPSA) is 26.0 Å². The van der Waals surface area contributed by atoms with Gasteiger partial charge >= 0.3 is 0 Å². The lowest BCUT2D eigenvalue weighted by molar-refractivity contribution is 0.632. The van der Waals surface area contributed by atoms with Crippen LogP contribution in [0.5, 0.6) is 0 Å². The van der Waals surface area contributed by atoms with Gasteiger partial charge in [0.1, 0.15) is 5.82 Å². The minimum Gasteiger partial charge on any atom is -0.399 e. The van der Waals surface area contributed by atoms with E-state index in [1.54, 1.807) is 12.1 Å². The number of halogens is 1. The number of benzene rings is 2. The van der Waals surface area contributed by atoms with Gasteiger partial charge in [0.25, 0.3) is 0 Å². The second-order valence-corrected chi connectivity index (χ2v) is 3.79. The molecule has 0 aliphatic rings. The van der Waals surface area contributed by atoms with Crippen molar-refractivity contribution >= 4 is 5.69 Å². The van der Waals surface area contributed by atoms with Gasteiger partial charge in [0, 0.05) is 11.3 Å². The minimum absolute atomic E-state index is 0.270. The van der Waals surface area contributed by atoms with Gasteiger partial charge in [0.2, 0.25) is 0 Å². The van der Waals surface area contributed by atoms with Crippen molar-refractivity contribution in [2.75, 3.05) is 5.73 Å². The van der Waals surface area contributed by atoms with E-state index in [0.717, 1.165) is 12.0 Å². The summed E-state index contributed by atoms with van der Waals surface area (Å²) < 4.78 is 13.7. The number of nitrogens with two attached hydrogens (primary N) is 1. The van der Waals surface area contributed by atoms with Crippen LogP contribution in [0.25, 0.3) is 11.1 Å². The van der Waals surface area contributed by atoms with Crippen molar-refractivity contribution in [3.05, 3.63) is 53.8 Å². The van der Waals surface area contributed by atoms with E-state index >= 15 is 0 Å². The number of aryl methyl sites for hydroxylation is 1. The van der Waals surface area contributed by atoms with E-state index in [-0.39, 0.29) is 5.82 Å². The maximum absolute atomic E-state index is 13.7. The third-order valence-corrected chi connectivity index (χ3v) is 2.64. The molecular weight excluding hydrogens is 201 g/mol. The zero-order valence-electron chi connectivity index (χ0n) is 9.20. The van der Waals surface area contributed by atoms with E-state index in [1.165, 1.54) is 11.6 Å². The fraction of sp³-hybridized carbons (Fsp3) is 0.143. The SMILES string of the molecule is CCc1cccc(-c2ccc(N)cc2F)c1. The molecule has 2 aromatic carbocycles. The fourth-order valence-corrected chi connectivity index (χ4v) is 1.72. The third kappa shape index (κ3) is 2.06. The Labute approximate surface area is 94.7 Å². The second kappa shape index (κ2) is 4.35. The quantitative estimate of drug-likeness (QED) is 0.760. The largest absolute Gasteiger partial charge is 0.399 e. The molecule has 1 nitrogen and oxygen atoms in total. The Hall–Kier alpha value is -1.83. The highest BCUT2D eigenvalue weighted by atomic mass is 19.1. The van der Waals surface area contributed by atoms with Gasteiger partial charge in [-0.25, -0.2) is 4.39 Å². The molecule has 0 bridgehead atoms. The van der Waals surface area contributed by atoms with Gasteiger partial charge in [0.05, 0.1) is 0 Å². The van der Waals surface area contributed by atoms with Crippen LogP contribution in [0.3, 0.4) is 0 Å². The molecule has 0 atom stereocenters. The first-order valence-electron chi connectivity index (χ1n) is 5.35. The first kappa shape index (κ1) is 10.7. The maximum Gasteiger partial charge on any atom is 0.133 e. The van der Waals surface area contributed by atoms with E-state index in [0.29, 0.717) is 11.3 Å². The van der Waals surface area contributed by atoms with Crippen LogP contribution in [-0.4, -0.2) is 0 Å². The minimum atomic E-state index is -0.270. The molecular formula is C14H14FN. The number of hydrogen-bond acceptors (Lipinski definition) is 1. The van der Waals surface area contributed by atoms with Crippen molar-refractivity contribution in [2.24, 2.45) is 0 Å². The van der Waals surface area contributed by atoms with Crippen LogP contribution in [-0.2, 0) is 6.42 Å². The summed E-state index contributed by atoms with van der Waals surface area (Å²) in [4.78, 5) is 0. The Morgan fingerprint density at radius 2 is 1.94 bits per heavy atom. The Balaban J connectivity index is 2.49.